The number of nitrogens with one attached hydrogen (secondary N) is 1. The van der Waals surface area contributed by atoms with E-state index in [-0.39, 0.29) is 12.1 Å². The van der Waals surface area contributed by atoms with Gasteiger partial charge in [0.05, 0.1) is 12.1 Å². The molecule has 3 N–H and O–H groups in total. The Hall–Kier alpha value is -2.82. The van der Waals surface area contributed by atoms with E-state index < -0.39 is 0 Å². The maximum absolute atomic E-state index is 5.84. The molecule has 2 heterocycles. The lowest BCUT2D eigenvalue weighted by molar-refractivity contribution is 0.431. The number of fused-ring (bicyclic) bond motifs is 1. The smallest absolute Gasteiger partial charge is 0.241 e. The molecule has 0 unspecified atom stereocenters. The van der Waals surface area contributed by atoms with Crippen LogP contribution in [0.1, 0.15) is 42.1 Å². The molecule has 0 bridgehead atoms. The molecule has 0 amide bonds. The number of nitrogen functional groups attached to an aromatic ring is 1. The molecule has 0 radical (unpaired) electrons. The zero-order valence-corrected chi connectivity index (χ0v) is 13.7. The van der Waals surface area contributed by atoms with Crippen molar-refractivity contribution in [3.63, 3.8) is 0 Å². The molecule has 0 saturated heterocycles. The van der Waals surface area contributed by atoms with Crippen LogP contribution in [-0.2, 0) is 6.42 Å². The normalized spacial score (nSPS) is 19.5. The van der Waals surface area contributed by atoms with Crippen molar-refractivity contribution >= 4 is 11.9 Å². The standard InChI is InChI=1S/C19H21N5/c1-2-13-8-10-14(11-9-13)16-12-17(15-6-4-3-5-7-15)24-19(21-16)22-18(20)23-24/h3-11,16-17H,2,12H2,1H3,(H3,20,21,22,23)/t16-,17+/m0/s1. The Kier molecular flexibility index (Phi) is 3.69. The zero-order chi connectivity index (χ0) is 16.5. The average molecular weight is 319 g/mol. The first-order valence-electron chi connectivity index (χ1n) is 8.37. The highest BCUT2D eigenvalue weighted by Gasteiger charge is 2.30. The van der Waals surface area contributed by atoms with Gasteiger partial charge in [0.1, 0.15) is 0 Å². The van der Waals surface area contributed by atoms with Gasteiger partial charge in [-0.1, -0.05) is 61.5 Å². The van der Waals surface area contributed by atoms with Crippen molar-refractivity contribution in [1.29, 1.82) is 0 Å². The highest BCUT2D eigenvalue weighted by atomic mass is 15.4. The van der Waals surface area contributed by atoms with Crippen molar-refractivity contribution in [2.75, 3.05) is 11.1 Å². The minimum atomic E-state index is 0.128. The van der Waals surface area contributed by atoms with Crippen LogP contribution in [0.5, 0.6) is 0 Å². The Labute approximate surface area is 141 Å². The lowest BCUT2D eigenvalue weighted by Crippen LogP contribution is -2.28. The van der Waals surface area contributed by atoms with Crippen LogP contribution in [0, 0.1) is 0 Å². The first-order valence-corrected chi connectivity index (χ1v) is 8.37. The predicted molar refractivity (Wildman–Crippen MR) is 95.8 cm³/mol. The van der Waals surface area contributed by atoms with Crippen LogP contribution in [0.15, 0.2) is 54.6 Å². The molecule has 0 saturated carbocycles. The topological polar surface area (TPSA) is 68.8 Å². The van der Waals surface area contributed by atoms with Crippen LogP contribution < -0.4 is 11.1 Å². The Morgan fingerprint density at radius 1 is 1.08 bits per heavy atom. The summed E-state index contributed by atoms with van der Waals surface area (Å²) >= 11 is 0. The number of aromatic nitrogens is 3. The molecule has 2 atom stereocenters. The highest BCUT2D eigenvalue weighted by Crippen LogP contribution is 2.37. The van der Waals surface area contributed by atoms with Crippen LogP contribution in [0.4, 0.5) is 11.9 Å². The Balaban J connectivity index is 1.71. The number of hydrogen-bond acceptors (Lipinski definition) is 4. The molecule has 1 aromatic heterocycles. The molecule has 1 aliphatic rings. The molecule has 2 aromatic carbocycles. The van der Waals surface area contributed by atoms with Crippen LogP contribution >= 0.6 is 0 Å². The molecule has 1 aliphatic heterocycles. The molecule has 4 rings (SSSR count). The van der Waals surface area contributed by atoms with E-state index in [9.17, 15) is 0 Å². The van der Waals surface area contributed by atoms with Gasteiger partial charge < -0.3 is 11.1 Å². The van der Waals surface area contributed by atoms with Crippen molar-refractivity contribution in [1.82, 2.24) is 14.8 Å². The number of hydrogen-bond donors (Lipinski definition) is 2. The third kappa shape index (κ3) is 2.62. The van der Waals surface area contributed by atoms with E-state index in [1.807, 2.05) is 10.7 Å². The van der Waals surface area contributed by atoms with E-state index in [4.69, 9.17) is 5.73 Å². The summed E-state index contributed by atoms with van der Waals surface area (Å²) in [6.07, 6.45) is 1.96. The maximum Gasteiger partial charge on any atom is 0.241 e. The second-order valence-electron chi connectivity index (χ2n) is 6.19. The number of aryl methyl sites for hydroxylation is 1. The fourth-order valence-electron chi connectivity index (χ4n) is 3.35. The van der Waals surface area contributed by atoms with Gasteiger partial charge in [-0.05, 0) is 29.5 Å². The van der Waals surface area contributed by atoms with Crippen LogP contribution in [0.3, 0.4) is 0 Å². The van der Waals surface area contributed by atoms with Gasteiger partial charge in [-0.25, -0.2) is 4.68 Å². The van der Waals surface area contributed by atoms with Gasteiger partial charge in [0.2, 0.25) is 11.9 Å². The van der Waals surface area contributed by atoms with Gasteiger partial charge in [-0.3, -0.25) is 0 Å². The molecular weight excluding hydrogens is 298 g/mol. The Morgan fingerprint density at radius 2 is 1.83 bits per heavy atom. The lowest BCUT2D eigenvalue weighted by Gasteiger charge is -2.31. The molecule has 3 aromatic rings. The van der Waals surface area contributed by atoms with Crippen molar-refractivity contribution in [2.45, 2.75) is 31.8 Å². The average Bonchev–Trinajstić information content (AvgIpc) is 3.02. The minimum Gasteiger partial charge on any atom is -0.366 e. The van der Waals surface area contributed by atoms with Crippen LogP contribution in [0.25, 0.3) is 0 Å². The molecule has 24 heavy (non-hydrogen) atoms. The summed E-state index contributed by atoms with van der Waals surface area (Å²) in [5, 5.41) is 7.87. The summed E-state index contributed by atoms with van der Waals surface area (Å²) in [7, 11) is 0. The zero-order valence-electron chi connectivity index (χ0n) is 13.7. The quantitative estimate of drug-likeness (QED) is 0.774. The number of nitrogens with zero attached hydrogens (tertiary/aromatic N) is 3. The van der Waals surface area contributed by atoms with E-state index in [0.29, 0.717) is 5.95 Å². The number of nitrogens with two attached hydrogens (primary N) is 1. The number of anilines is 2. The molecule has 0 aliphatic carbocycles. The number of benzene rings is 2. The first kappa shape index (κ1) is 14.8. The largest absolute Gasteiger partial charge is 0.366 e. The SMILES string of the molecule is CCc1ccc([C@@H]2C[C@H](c3ccccc3)n3nc(N)nc3N2)cc1. The van der Waals surface area contributed by atoms with Gasteiger partial charge in [0, 0.05) is 0 Å². The van der Waals surface area contributed by atoms with E-state index in [0.717, 1.165) is 18.8 Å². The third-order valence-corrected chi connectivity index (χ3v) is 4.68. The molecule has 0 spiro atoms. The summed E-state index contributed by atoms with van der Waals surface area (Å²) in [5.41, 5.74) is 9.67. The van der Waals surface area contributed by atoms with Crippen LogP contribution in [-0.4, -0.2) is 14.8 Å². The summed E-state index contributed by atoms with van der Waals surface area (Å²) in [6.45, 7) is 2.17. The van der Waals surface area contributed by atoms with Crippen molar-refractivity contribution in [3.8, 4) is 0 Å². The van der Waals surface area contributed by atoms with Crippen molar-refractivity contribution < 1.29 is 0 Å². The monoisotopic (exact) mass is 319 g/mol. The van der Waals surface area contributed by atoms with Gasteiger partial charge in [-0.2, -0.15) is 4.98 Å². The molecular formula is C19H21N5. The second kappa shape index (κ2) is 6.00. The summed E-state index contributed by atoms with van der Waals surface area (Å²) < 4.78 is 1.90. The third-order valence-electron chi connectivity index (χ3n) is 4.68. The summed E-state index contributed by atoms with van der Waals surface area (Å²) in [6, 6.07) is 19.5. The molecule has 0 fully saturated rings. The fraction of sp³-hybridized carbons (Fsp3) is 0.263. The molecule has 5 heteroatoms. The molecule has 5 nitrogen and oxygen atoms in total. The fourth-order valence-corrected chi connectivity index (χ4v) is 3.35. The highest BCUT2D eigenvalue weighted by molar-refractivity contribution is 5.42. The van der Waals surface area contributed by atoms with Gasteiger partial charge in [0.25, 0.3) is 0 Å². The van der Waals surface area contributed by atoms with E-state index >= 15 is 0 Å². The predicted octanol–water partition coefficient (Wildman–Crippen LogP) is 3.57. The van der Waals surface area contributed by atoms with E-state index in [1.165, 1.54) is 16.7 Å². The van der Waals surface area contributed by atoms with Gasteiger partial charge >= 0.3 is 0 Å². The Bertz CT molecular complexity index is 823. The van der Waals surface area contributed by atoms with Crippen molar-refractivity contribution in [2.24, 2.45) is 0 Å². The minimum absolute atomic E-state index is 0.128. The summed E-state index contributed by atoms with van der Waals surface area (Å²) in [5.74, 6) is 1.04. The van der Waals surface area contributed by atoms with Gasteiger partial charge in [0.15, 0.2) is 0 Å². The van der Waals surface area contributed by atoms with E-state index in [2.05, 4.69) is 70.9 Å². The Morgan fingerprint density at radius 3 is 2.54 bits per heavy atom. The van der Waals surface area contributed by atoms with Crippen molar-refractivity contribution in [3.05, 3.63) is 71.3 Å². The first-order chi connectivity index (χ1) is 11.7. The number of rotatable bonds is 3. The van der Waals surface area contributed by atoms with E-state index in [1.54, 1.807) is 0 Å². The van der Waals surface area contributed by atoms with Gasteiger partial charge in [-0.15, -0.1) is 5.10 Å². The maximum atomic E-state index is 5.84. The lowest BCUT2D eigenvalue weighted by atomic mass is 9.93. The molecule has 122 valence electrons. The summed E-state index contributed by atoms with van der Waals surface area (Å²) in [4.78, 5) is 4.35. The second-order valence-corrected chi connectivity index (χ2v) is 6.19. The van der Waals surface area contributed by atoms with Crippen LogP contribution in [0.2, 0.25) is 0 Å².